The lowest BCUT2D eigenvalue weighted by atomic mass is 10.1. The van der Waals surface area contributed by atoms with E-state index in [9.17, 15) is 0 Å². The second-order valence-corrected chi connectivity index (χ2v) is 4.38. The summed E-state index contributed by atoms with van der Waals surface area (Å²) in [5.74, 6) is 1.17. The molecule has 0 spiro atoms. The Kier molecular flexibility index (Phi) is 4.21. The molecule has 0 saturated heterocycles. The Morgan fingerprint density at radius 1 is 1.24 bits per heavy atom. The normalized spacial score (nSPS) is 10.7. The quantitative estimate of drug-likeness (QED) is 0.733. The van der Waals surface area contributed by atoms with Gasteiger partial charge in [0, 0.05) is 11.6 Å². The Hall–Kier alpha value is -1.28. The zero-order valence-electron chi connectivity index (χ0n) is 9.95. The van der Waals surface area contributed by atoms with Gasteiger partial charge in [-0.2, -0.15) is 0 Å². The fourth-order valence-corrected chi connectivity index (χ4v) is 1.85. The van der Waals surface area contributed by atoms with Crippen molar-refractivity contribution in [2.75, 3.05) is 0 Å². The molecule has 0 bridgehead atoms. The van der Waals surface area contributed by atoms with E-state index in [0.29, 0.717) is 5.88 Å². The van der Waals surface area contributed by atoms with Gasteiger partial charge in [-0.05, 0) is 18.4 Å². The van der Waals surface area contributed by atoms with E-state index in [4.69, 9.17) is 16.1 Å². The Morgan fingerprint density at radius 3 is 2.59 bits per heavy atom. The van der Waals surface area contributed by atoms with Gasteiger partial charge in [-0.3, -0.25) is 0 Å². The van der Waals surface area contributed by atoms with Crippen LogP contribution in [-0.2, 0) is 12.3 Å². The first-order valence-corrected chi connectivity index (χ1v) is 6.48. The zero-order chi connectivity index (χ0) is 12.1. The third-order valence-electron chi connectivity index (χ3n) is 2.75. The van der Waals surface area contributed by atoms with Gasteiger partial charge in [-0.25, -0.2) is 0 Å². The molecule has 0 radical (unpaired) electrons. The maximum Gasteiger partial charge on any atom is 0.167 e. The van der Waals surface area contributed by atoms with Crippen LogP contribution in [-0.4, -0.2) is 5.16 Å². The van der Waals surface area contributed by atoms with Crippen molar-refractivity contribution in [1.29, 1.82) is 0 Å². The zero-order valence-corrected chi connectivity index (χ0v) is 10.7. The number of aromatic nitrogens is 1. The number of benzene rings is 1. The molecule has 2 aromatic rings. The molecule has 1 aromatic heterocycles. The highest BCUT2D eigenvalue weighted by Gasteiger charge is 2.05. The third kappa shape index (κ3) is 3.10. The number of hydrogen-bond acceptors (Lipinski definition) is 2. The van der Waals surface area contributed by atoms with Crippen LogP contribution in [0.15, 0.2) is 34.9 Å². The molecule has 1 aromatic carbocycles. The highest BCUT2D eigenvalue weighted by Crippen LogP contribution is 2.21. The summed E-state index contributed by atoms with van der Waals surface area (Å²) >= 11 is 5.69. The van der Waals surface area contributed by atoms with Crippen LogP contribution in [0.3, 0.4) is 0 Å². The van der Waals surface area contributed by atoms with Crippen LogP contribution in [0, 0.1) is 0 Å². The second-order valence-electron chi connectivity index (χ2n) is 4.12. The van der Waals surface area contributed by atoms with Crippen molar-refractivity contribution in [1.82, 2.24) is 5.16 Å². The van der Waals surface area contributed by atoms with Crippen LogP contribution >= 0.6 is 11.6 Å². The van der Waals surface area contributed by atoms with Crippen LogP contribution in [0.25, 0.3) is 11.3 Å². The van der Waals surface area contributed by atoms with E-state index in [2.05, 4.69) is 36.3 Å². The van der Waals surface area contributed by atoms with Crippen molar-refractivity contribution in [2.45, 2.75) is 32.1 Å². The smallest absolute Gasteiger partial charge is 0.167 e. The van der Waals surface area contributed by atoms with Gasteiger partial charge in [0.1, 0.15) is 0 Å². The lowest BCUT2D eigenvalue weighted by Gasteiger charge is -2.00. The summed E-state index contributed by atoms with van der Waals surface area (Å²) in [4.78, 5) is 0. The van der Waals surface area contributed by atoms with E-state index < -0.39 is 0 Å². The summed E-state index contributed by atoms with van der Waals surface area (Å²) in [7, 11) is 0. The molecule has 0 N–H and O–H groups in total. The lowest BCUT2D eigenvalue weighted by Crippen LogP contribution is -1.84. The Morgan fingerprint density at radius 2 is 2.00 bits per heavy atom. The minimum absolute atomic E-state index is 0.387. The highest BCUT2D eigenvalue weighted by molar-refractivity contribution is 6.16. The number of aryl methyl sites for hydroxylation is 1. The molecule has 2 nitrogen and oxygen atoms in total. The van der Waals surface area contributed by atoms with Crippen LogP contribution in [0.1, 0.15) is 31.0 Å². The van der Waals surface area contributed by atoms with Crippen LogP contribution in [0.4, 0.5) is 0 Å². The first kappa shape index (κ1) is 12.2. The largest absolute Gasteiger partial charge is 0.356 e. The first-order valence-electron chi connectivity index (χ1n) is 5.94. The molecule has 0 unspecified atom stereocenters. The van der Waals surface area contributed by atoms with Crippen LogP contribution in [0.5, 0.6) is 0 Å². The fraction of sp³-hybridized carbons (Fsp3) is 0.357. The third-order valence-corrected chi connectivity index (χ3v) is 3.03. The molecular weight excluding hydrogens is 234 g/mol. The highest BCUT2D eigenvalue weighted by atomic mass is 35.5. The summed E-state index contributed by atoms with van der Waals surface area (Å²) in [5.41, 5.74) is 3.19. The predicted molar refractivity (Wildman–Crippen MR) is 70.1 cm³/mol. The van der Waals surface area contributed by atoms with E-state index in [1.807, 2.05) is 6.07 Å². The number of halogens is 1. The number of hydrogen-bond donors (Lipinski definition) is 0. The van der Waals surface area contributed by atoms with Gasteiger partial charge < -0.3 is 4.52 Å². The number of unbranched alkanes of at least 4 members (excludes halogenated alkanes) is 1. The summed E-state index contributed by atoms with van der Waals surface area (Å²) < 4.78 is 5.23. The standard InChI is InChI=1S/C14H16ClNO/c1-2-3-4-11-5-7-12(8-6-11)14-9-13(10-15)16-17-14/h5-9H,2-4,10H2,1H3. The Labute approximate surface area is 107 Å². The molecule has 1 heterocycles. The van der Waals surface area contributed by atoms with Crippen molar-refractivity contribution in [2.24, 2.45) is 0 Å². The molecule has 0 atom stereocenters. The van der Waals surface area contributed by atoms with Gasteiger partial charge in [-0.15, -0.1) is 11.6 Å². The molecule has 0 aliphatic heterocycles. The first-order chi connectivity index (χ1) is 8.33. The molecule has 0 aliphatic rings. The molecule has 3 heteroatoms. The van der Waals surface area contributed by atoms with Crippen molar-refractivity contribution in [3.05, 3.63) is 41.6 Å². The van der Waals surface area contributed by atoms with Crippen molar-refractivity contribution in [3.63, 3.8) is 0 Å². The Balaban J connectivity index is 2.11. The molecule has 2 rings (SSSR count). The molecular formula is C14H16ClNO. The number of rotatable bonds is 5. The van der Waals surface area contributed by atoms with Gasteiger partial charge in [0.15, 0.2) is 5.76 Å². The predicted octanol–water partition coefficient (Wildman–Crippen LogP) is 4.42. The minimum Gasteiger partial charge on any atom is -0.356 e. The maximum atomic E-state index is 5.69. The molecule has 0 saturated carbocycles. The average molecular weight is 250 g/mol. The number of alkyl halides is 1. The molecule has 0 aliphatic carbocycles. The average Bonchev–Trinajstić information content (AvgIpc) is 2.86. The second kappa shape index (κ2) is 5.87. The topological polar surface area (TPSA) is 26.0 Å². The van der Waals surface area contributed by atoms with Crippen molar-refractivity contribution >= 4 is 11.6 Å². The summed E-state index contributed by atoms with van der Waals surface area (Å²) in [6.45, 7) is 2.20. The summed E-state index contributed by atoms with van der Waals surface area (Å²) in [6, 6.07) is 10.3. The van der Waals surface area contributed by atoms with Gasteiger partial charge in [0.2, 0.25) is 0 Å². The van der Waals surface area contributed by atoms with Crippen LogP contribution < -0.4 is 0 Å². The fourth-order valence-electron chi connectivity index (χ4n) is 1.73. The summed E-state index contributed by atoms with van der Waals surface area (Å²) in [6.07, 6.45) is 3.60. The Bertz CT molecular complexity index is 461. The maximum absolute atomic E-state index is 5.69. The SMILES string of the molecule is CCCCc1ccc(-c2cc(CCl)no2)cc1. The van der Waals surface area contributed by atoms with E-state index in [1.165, 1.54) is 18.4 Å². The van der Waals surface area contributed by atoms with E-state index in [-0.39, 0.29) is 0 Å². The number of nitrogens with zero attached hydrogens (tertiary/aromatic N) is 1. The van der Waals surface area contributed by atoms with Gasteiger partial charge in [-0.1, -0.05) is 42.8 Å². The van der Waals surface area contributed by atoms with Gasteiger partial charge in [0.25, 0.3) is 0 Å². The molecule has 0 amide bonds. The van der Waals surface area contributed by atoms with Gasteiger partial charge in [0.05, 0.1) is 11.6 Å². The van der Waals surface area contributed by atoms with Crippen molar-refractivity contribution in [3.8, 4) is 11.3 Å². The summed E-state index contributed by atoms with van der Waals surface area (Å²) in [5, 5.41) is 3.88. The molecule has 90 valence electrons. The molecule has 0 fully saturated rings. The molecule has 17 heavy (non-hydrogen) atoms. The van der Waals surface area contributed by atoms with Crippen molar-refractivity contribution < 1.29 is 4.52 Å². The minimum atomic E-state index is 0.387. The van der Waals surface area contributed by atoms with E-state index in [1.54, 1.807) is 0 Å². The van der Waals surface area contributed by atoms with Gasteiger partial charge >= 0.3 is 0 Å². The van der Waals surface area contributed by atoms with E-state index in [0.717, 1.165) is 23.4 Å². The lowest BCUT2D eigenvalue weighted by molar-refractivity contribution is 0.426. The van der Waals surface area contributed by atoms with E-state index >= 15 is 0 Å². The van der Waals surface area contributed by atoms with Crippen LogP contribution in [0.2, 0.25) is 0 Å². The monoisotopic (exact) mass is 249 g/mol.